The summed E-state index contributed by atoms with van der Waals surface area (Å²) in [6, 6.07) is 7.91. The predicted molar refractivity (Wildman–Crippen MR) is 94.1 cm³/mol. The van der Waals surface area contributed by atoms with Crippen LogP contribution in [0.4, 0.5) is 13.2 Å². The molecule has 7 nitrogen and oxygen atoms in total. The third-order valence-electron chi connectivity index (χ3n) is 4.31. The molecule has 0 unspecified atom stereocenters. The van der Waals surface area contributed by atoms with Crippen LogP contribution >= 0.6 is 0 Å². The number of alkyl halides is 3. The quantitative estimate of drug-likeness (QED) is 0.791. The van der Waals surface area contributed by atoms with Crippen LogP contribution in [0, 0.1) is 0 Å². The lowest BCUT2D eigenvalue weighted by Gasteiger charge is -2.31. The van der Waals surface area contributed by atoms with Crippen LogP contribution in [0.5, 0.6) is 17.2 Å². The summed E-state index contributed by atoms with van der Waals surface area (Å²) in [4.78, 5) is 25.1. The van der Waals surface area contributed by atoms with Crippen LogP contribution in [0.1, 0.15) is 17.2 Å². The molecule has 2 aromatic carbocycles. The lowest BCUT2D eigenvalue weighted by Crippen LogP contribution is -2.47. The summed E-state index contributed by atoms with van der Waals surface area (Å²) in [6.45, 7) is -0.522. The number of rotatable bonds is 5. The molecule has 0 saturated heterocycles. The number of amides is 2. The van der Waals surface area contributed by atoms with Crippen LogP contribution in [-0.4, -0.2) is 41.8 Å². The maximum Gasteiger partial charge on any atom is 0.471 e. The number of benzene rings is 2. The van der Waals surface area contributed by atoms with E-state index < -0.39 is 30.6 Å². The molecule has 0 bridgehead atoms. The van der Waals surface area contributed by atoms with E-state index in [0.29, 0.717) is 22.0 Å². The lowest BCUT2D eigenvalue weighted by molar-refractivity contribution is -0.189. The fourth-order valence-electron chi connectivity index (χ4n) is 2.95. The monoisotopic (exact) mass is 410 g/mol. The Hall–Kier alpha value is -3.43. The van der Waals surface area contributed by atoms with E-state index in [-0.39, 0.29) is 18.1 Å². The van der Waals surface area contributed by atoms with Gasteiger partial charge in [-0.3, -0.25) is 9.59 Å². The molecule has 154 valence electrons. The van der Waals surface area contributed by atoms with Crippen molar-refractivity contribution in [2.24, 2.45) is 0 Å². The summed E-state index contributed by atoms with van der Waals surface area (Å²) >= 11 is 0. The molecule has 0 aliphatic carbocycles. The molecule has 1 aliphatic heterocycles. The van der Waals surface area contributed by atoms with E-state index >= 15 is 0 Å². The fourth-order valence-corrected chi connectivity index (χ4v) is 2.95. The maximum absolute atomic E-state index is 13.3. The minimum absolute atomic E-state index is 0.0155. The maximum atomic E-state index is 13.3. The molecule has 2 amide bonds. The Morgan fingerprint density at radius 2 is 1.79 bits per heavy atom. The van der Waals surface area contributed by atoms with Crippen molar-refractivity contribution < 1.29 is 37.3 Å². The van der Waals surface area contributed by atoms with Gasteiger partial charge in [-0.15, -0.1) is 0 Å². The standard InChI is InChI=1S/C19H17F3N2O5/c1-23-17(26)16(12-3-5-13(25)6-4-12)24(18(27)19(20,21)22)9-11-2-7-14-15(8-11)29-10-28-14/h2-8,16,25H,9-10H2,1H3,(H,23,26)/t16-/m0/s1. The summed E-state index contributed by atoms with van der Waals surface area (Å²) in [7, 11) is 1.26. The van der Waals surface area contributed by atoms with Crippen molar-refractivity contribution in [2.45, 2.75) is 18.8 Å². The molecule has 2 N–H and O–H groups in total. The van der Waals surface area contributed by atoms with Crippen LogP contribution < -0.4 is 14.8 Å². The van der Waals surface area contributed by atoms with E-state index in [1.165, 1.54) is 49.5 Å². The number of aromatic hydroxyl groups is 1. The summed E-state index contributed by atoms with van der Waals surface area (Å²) in [5, 5.41) is 11.7. The largest absolute Gasteiger partial charge is 0.508 e. The summed E-state index contributed by atoms with van der Waals surface area (Å²) in [5.74, 6) is -2.34. The molecule has 1 heterocycles. The fraction of sp³-hybridized carbons (Fsp3) is 0.263. The molecule has 0 aromatic heterocycles. The van der Waals surface area contributed by atoms with Gasteiger partial charge in [-0.05, 0) is 35.4 Å². The highest BCUT2D eigenvalue weighted by Crippen LogP contribution is 2.35. The number of nitrogens with one attached hydrogen (secondary N) is 1. The van der Waals surface area contributed by atoms with E-state index in [9.17, 15) is 27.9 Å². The topological polar surface area (TPSA) is 88.1 Å². The number of ether oxygens (including phenoxy) is 2. The van der Waals surface area contributed by atoms with E-state index in [0.717, 1.165) is 0 Å². The molecular formula is C19H17F3N2O5. The van der Waals surface area contributed by atoms with Gasteiger partial charge < -0.3 is 24.8 Å². The molecule has 1 aliphatic rings. The highest BCUT2D eigenvalue weighted by Gasteiger charge is 2.46. The number of hydrogen-bond acceptors (Lipinski definition) is 5. The third kappa shape index (κ3) is 4.36. The summed E-state index contributed by atoms with van der Waals surface area (Å²) in [5.41, 5.74) is 0.431. The number of likely N-dealkylation sites (N-methyl/N-ethyl adjacent to an activating group) is 1. The van der Waals surface area contributed by atoms with Crippen LogP contribution in [-0.2, 0) is 16.1 Å². The van der Waals surface area contributed by atoms with Crippen LogP contribution in [0.2, 0.25) is 0 Å². The summed E-state index contributed by atoms with van der Waals surface area (Å²) in [6.07, 6.45) is -5.19. The molecule has 3 rings (SSSR count). The number of carbonyl (C=O) groups excluding carboxylic acids is 2. The second kappa shape index (κ2) is 7.90. The first-order chi connectivity index (χ1) is 13.7. The Morgan fingerprint density at radius 1 is 1.14 bits per heavy atom. The van der Waals surface area contributed by atoms with Gasteiger partial charge in [0.2, 0.25) is 12.7 Å². The van der Waals surface area contributed by atoms with Crippen molar-refractivity contribution in [1.82, 2.24) is 10.2 Å². The SMILES string of the molecule is CNC(=O)[C@H](c1ccc(O)cc1)N(Cc1ccc2c(c1)OCO2)C(=O)C(F)(F)F. The van der Waals surface area contributed by atoms with Crippen LogP contribution in [0.3, 0.4) is 0 Å². The first-order valence-electron chi connectivity index (χ1n) is 8.47. The van der Waals surface area contributed by atoms with Gasteiger partial charge in [-0.1, -0.05) is 18.2 Å². The number of halogens is 3. The second-order valence-electron chi connectivity index (χ2n) is 6.23. The van der Waals surface area contributed by atoms with Crippen LogP contribution in [0.25, 0.3) is 0 Å². The van der Waals surface area contributed by atoms with Gasteiger partial charge in [0, 0.05) is 13.6 Å². The van der Waals surface area contributed by atoms with Crippen molar-refractivity contribution in [3.63, 3.8) is 0 Å². The molecule has 10 heteroatoms. The average molecular weight is 410 g/mol. The Kier molecular flexibility index (Phi) is 5.53. The van der Waals surface area contributed by atoms with Crippen molar-refractivity contribution >= 4 is 11.8 Å². The number of phenols is 1. The van der Waals surface area contributed by atoms with Gasteiger partial charge in [0.1, 0.15) is 11.8 Å². The second-order valence-corrected chi connectivity index (χ2v) is 6.23. The Bertz CT molecular complexity index is 915. The third-order valence-corrected chi connectivity index (χ3v) is 4.31. The normalized spacial score (nSPS) is 13.7. The number of phenolic OH excluding ortho intramolecular Hbond substituents is 1. The van der Waals surface area contributed by atoms with Crippen LogP contribution in [0.15, 0.2) is 42.5 Å². The average Bonchev–Trinajstić information content (AvgIpc) is 3.15. The minimum Gasteiger partial charge on any atom is -0.508 e. The first kappa shape index (κ1) is 20.3. The van der Waals surface area contributed by atoms with Gasteiger partial charge in [0.15, 0.2) is 11.5 Å². The molecular weight excluding hydrogens is 393 g/mol. The Morgan fingerprint density at radius 3 is 2.41 bits per heavy atom. The van der Waals surface area contributed by atoms with E-state index in [1.54, 1.807) is 0 Å². The Balaban J connectivity index is 2.03. The number of nitrogens with zero attached hydrogens (tertiary/aromatic N) is 1. The predicted octanol–water partition coefficient (Wildman–Crippen LogP) is 2.50. The van der Waals surface area contributed by atoms with Gasteiger partial charge in [0.05, 0.1) is 0 Å². The van der Waals surface area contributed by atoms with Gasteiger partial charge >= 0.3 is 12.1 Å². The first-order valence-corrected chi connectivity index (χ1v) is 8.47. The zero-order chi connectivity index (χ0) is 21.2. The molecule has 29 heavy (non-hydrogen) atoms. The molecule has 0 saturated carbocycles. The van der Waals surface area contributed by atoms with Crippen molar-refractivity contribution in [1.29, 1.82) is 0 Å². The molecule has 0 fully saturated rings. The number of fused-ring (bicyclic) bond motifs is 1. The summed E-state index contributed by atoms with van der Waals surface area (Å²) < 4.78 is 50.4. The smallest absolute Gasteiger partial charge is 0.471 e. The number of carbonyl (C=O) groups is 2. The van der Waals surface area contributed by atoms with Gasteiger partial charge in [0.25, 0.3) is 0 Å². The minimum atomic E-state index is -5.19. The van der Waals surface area contributed by atoms with Crippen molar-refractivity contribution in [2.75, 3.05) is 13.8 Å². The zero-order valence-corrected chi connectivity index (χ0v) is 15.2. The Labute approximate surface area is 163 Å². The van der Waals surface area contributed by atoms with E-state index in [1.807, 2.05) is 0 Å². The van der Waals surface area contributed by atoms with Gasteiger partial charge in [-0.2, -0.15) is 13.2 Å². The molecule has 0 radical (unpaired) electrons. The molecule has 2 aromatic rings. The molecule has 1 atom stereocenters. The highest BCUT2D eigenvalue weighted by atomic mass is 19.4. The van der Waals surface area contributed by atoms with Crippen molar-refractivity contribution in [3.05, 3.63) is 53.6 Å². The van der Waals surface area contributed by atoms with Crippen molar-refractivity contribution in [3.8, 4) is 17.2 Å². The molecule has 0 spiro atoms. The lowest BCUT2D eigenvalue weighted by atomic mass is 10.0. The zero-order valence-electron chi connectivity index (χ0n) is 15.2. The van der Waals surface area contributed by atoms with E-state index in [4.69, 9.17) is 9.47 Å². The highest BCUT2D eigenvalue weighted by molar-refractivity contribution is 5.90. The number of hydrogen-bond donors (Lipinski definition) is 2. The van der Waals surface area contributed by atoms with Gasteiger partial charge in [-0.25, -0.2) is 0 Å². The van der Waals surface area contributed by atoms with E-state index in [2.05, 4.69) is 5.32 Å².